The summed E-state index contributed by atoms with van der Waals surface area (Å²) in [6.45, 7) is 2.02. The molecule has 0 amide bonds. The summed E-state index contributed by atoms with van der Waals surface area (Å²) in [7, 11) is 0. The maximum atomic E-state index is 10.9. The summed E-state index contributed by atoms with van der Waals surface area (Å²) in [6, 6.07) is 14.3. The lowest BCUT2D eigenvalue weighted by molar-refractivity contribution is -0.384. The van der Waals surface area contributed by atoms with Gasteiger partial charge in [-0.3, -0.25) is 14.7 Å². The van der Waals surface area contributed by atoms with E-state index in [4.69, 9.17) is 0 Å². The third kappa shape index (κ3) is 2.51. The van der Waals surface area contributed by atoms with Gasteiger partial charge < -0.3 is 0 Å². The van der Waals surface area contributed by atoms with Crippen LogP contribution in [0.1, 0.15) is 5.56 Å². The van der Waals surface area contributed by atoms with Crippen molar-refractivity contribution in [1.82, 2.24) is 19.5 Å². The first-order chi connectivity index (χ1) is 12.1. The van der Waals surface area contributed by atoms with Crippen LogP contribution in [-0.4, -0.2) is 24.4 Å². The Labute approximate surface area is 142 Å². The van der Waals surface area contributed by atoms with E-state index in [0.29, 0.717) is 11.3 Å². The van der Waals surface area contributed by atoms with E-state index in [1.54, 1.807) is 18.5 Å². The number of rotatable bonds is 3. The van der Waals surface area contributed by atoms with Gasteiger partial charge in [0.15, 0.2) is 5.65 Å². The van der Waals surface area contributed by atoms with Crippen LogP contribution in [0.5, 0.6) is 0 Å². The van der Waals surface area contributed by atoms with Crippen molar-refractivity contribution in [3.8, 4) is 16.9 Å². The first-order valence-corrected chi connectivity index (χ1v) is 7.64. The fourth-order valence-electron chi connectivity index (χ4n) is 2.82. The zero-order valence-corrected chi connectivity index (χ0v) is 13.3. The standard InChI is InChI=1S/C18H13N5O2/c1-12-4-2-3-5-15(12)22-11-21-18-17(22)16(19-10-20-18)13-6-8-14(9-7-13)23(24)25/h2-11H,1H3. The fraction of sp³-hybridized carbons (Fsp3) is 0.0556. The number of nitrogens with zero attached hydrogens (tertiary/aromatic N) is 5. The molecular formula is C18H13N5O2. The van der Waals surface area contributed by atoms with Gasteiger partial charge in [-0.1, -0.05) is 18.2 Å². The van der Waals surface area contributed by atoms with Crippen LogP contribution in [-0.2, 0) is 0 Å². The smallest absolute Gasteiger partial charge is 0.269 e. The molecule has 0 fully saturated rings. The molecule has 0 atom stereocenters. The number of para-hydroxylation sites is 1. The summed E-state index contributed by atoms with van der Waals surface area (Å²) in [5.41, 5.74) is 4.93. The minimum Gasteiger partial charge on any atom is -0.295 e. The summed E-state index contributed by atoms with van der Waals surface area (Å²) in [4.78, 5) is 23.4. The second-order valence-corrected chi connectivity index (χ2v) is 5.60. The third-order valence-corrected chi connectivity index (χ3v) is 4.07. The minimum absolute atomic E-state index is 0.0430. The second kappa shape index (κ2) is 5.79. The summed E-state index contributed by atoms with van der Waals surface area (Å²) in [5, 5.41) is 10.9. The molecule has 0 bridgehead atoms. The lowest BCUT2D eigenvalue weighted by Gasteiger charge is -2.10. The van der Waals surface area contributed by atoms with Gasteiger partial charge in [0, 0.05) is 17.7 Å². The van der Waals surface area contributed by atoms with Crippen molar-refractivity contribution in [1.29, 1.82) is 0 Å². The molecule has 122 valence electrons. The lowest BCUT2D eigenvalue weighted by Crippen LogP contribution is -1.98. The molecule has 4 aromatic rings. The topological polar surface area (TPSA) is 86.7 Å². The molecule has 0 radical (unpaired) electrons. The van der Waals surface area contributed by atoms with Gasteiger partial charge in [0.2, 0.25) is 0 Å². The predicted molar refractivity (Wildman–Crippen MR) is 93.5 cm³/mol. The number of non-ortho nitro benzene ring substituents is 1. The van der Waals surface area contributed by atoms with E-state index >= 15 is 0 Å². The van der Waals surface area contributed by atoms with E-state index in [0.717, 1.165) is 22.3 Å². The van der Waals surface area contributed by atoms with E-state index in [1.807, 2.05) is 35.8 Å². The number of aryl methyl sites for hydroxylation is 1. The Morgan fingerprint density at radius 3 is 2.48 bits per heavy atom. The van der Waals surface area contributed by atoms with Gasteiger partial charge in [-0.2, -0.15) is 0 Å². The number of nitro benzene ring substituents is 1. The molecule has 2 aromatic carbocycles. The Hall–Kier alpha value is -3.61. The van der Waals surface area contributed by atoms with E-state index in [9.17, 15) is 10.1 Å². The summed E-state index contributed by atoms with van der Waals surface area (Å²) in [5.74, 6) is 0. The average Bonchev–Trinajstić information content (AvgIpc) is 3.06. The fourth-order valence-corrected chi connectivity index (χ4v) is 2.82. The Morgan fingerprint density at radius 2 is 1.76 bits per heavy atom. The second-order valence-electron chi connectivity index (χ2n) is 5.60. The summed E-state index contributed by atoms with van der Waals surface area (Å²) < 4.78 is 1.95. The minimum atomic E-state index is -0.420. The zero-order valence-electron chi connectivity index (χ0n) is 13.3. The quantitative estimate of drug-likeness (QED) is 0.422. The van der Waals surface area contributed by atoms with Crippen molar-refractivity contribution in [2.75, 3.05) is 0 Å². The summed E-state index contributed by atoms with van der Waals surface area (Å²) >= 11 is 0. The number of hydrogen-bond donors (Lipinski definition) is 0. The summed E-state index contributed by atoms with van der Waals surface area (Å²) in [6.07, 6.45) is 3.17. The Morgan fingerprint density at radius 1 is 1.00 bits per heavy atom. The van der Waals surface area contributed by atoms with Gasteiger partial charge >= 0.3 is 0 Å². The number of imidazole rings is 1. The van der Waals surface area contributed by atoms with Crippen molar-refractivity contribution in [2.45, 2.75) is 6.92 Å². The molecular weight excluding hydrogens is 318 g/mol. The van der Waals surface area contributed by atoms with Crippen LogP contribution in [0.4, 0.5) is 5.69 Å². The van der Waals surface area contributed by atoms with Crippen LogP contribution in [0.2, 0.25) is 0 Å². The number of nitro groups is 1. The maximum Gasteiger partial charge on any atom is 0.269 e. The third-order valence-electron chi connectivity index (χ3n) is 4.07. The van der Waals surface area contributed by atoms with Gasteiger partial charge in [0.25, 0.3) is 5.69 Å². The van der Waals surface area contributed by atoms with Crippen LogP contribution >= 0.6 is 0 Å². The highest BCUT2D eigenvalue weighted by Gasteiger charge is 2.15. The van der Waals surface area contributed by atoms with Crippen molar-refractivity contribution >= 4 is 16.9 Å². The van der Waals surface area contributed by atoms with Gasteiger partial charge in [0.1, 0.15) is 23.9 Å². The SMILES string of the molecule is Cc1ccccc1-n1cnc2ncnc(-c3ccc([N+](=O)[O-])cc3)c21. The van der Waals surface area contributed by atoms with Gasteiger partial charge in [0.05, 0.1) is 10.6 Å². The normalized spacial score (nSPS) is 10.9. The van der Waals surface area contributed by atoms with Crippen molar-refractivity contribution in [3.05, 3.63) is 76.9 Å². The monoisotopic (exact) mass is 331 g/mol. The molecule has 2 heterocycles. The van der Waals surface area contributed by atoms with Gasteiger partial charge in [-0.05, 0) is 30.7 Å². The molecule has 0 N–H and O–H groups in total. The maximum absolute atomic E-state index is 10.9. The Bertz CT molecular complexity index is 1090. The van der Waals surface area contributed by atoms with E-state index in [2.05, 4.69) is 15.0 Å². The zero-order chi connectivity index (χ0) is 17.4. The molecule has 4 rings (SSSR count). The first-order valence-electron chi connectivity index (χ1n) is 7.64. The van der Waals surface area contributed by atoms with Crippen LogP contribution < -0.4 is 0 Å². The highest BCUT2D eigenvalue weighted by molar-refractivity contribution is 5.89. The average molecular weight is 331 g/mol. The highest BCUT2D eigenvalue weighted by atomic mass is 16.6. The molecule has 0 aliphatic heterocycles. The number of hydrogen-bond acceptors (Lipinski definition) is 5. The number of fused-ring (bicyclic) bond motifs is 1. The molecule has 7 nitrogen and oxygen atoms in total. The van der Waals surface area contributed by atoms with Crippen LogP contribution in [0.3, 0.4) is 0 Å². The molecule has 25 heavy (non-hydrogen) atoms. The van der Waals surface area contributed by atoms with E-state index < -0.39 is 4.92 Å². The largest absolute Gasteiger partial charge is 0.295 e. The van der Waals surface area contributed by atoms with Crippen LogP contribution in [0.25, 0.3) is 28.1 Å². The molecule has 0 aliphatic carbocycles. The van der Waals surface area contributed by atoms with Crippen LogP contribution in [0, 0.1) is 17.0 Å². The highest BCUT2D eigenvalue weighted by Crippen LogP contribution is 2.29. The molecule has 0 saturated heterocycles. The van der Waals surface area contributed by atoms with E-state index in [1.165, 1.54) is 18.5 Å². The number of benzene rings is 2. The molecule has 2 aromatic heterocycles. The predicted octanol–water partition coefficient (Wildman–Crippen LogP) is 3.70. The lowest BCUT2D eigenvalue weighted by atomic mass is 10.1. The van der Waals surface area contributed by atoms with Gasteiger partial charge in [-0.15, -0.1) is 0 Å². The molecule has 0 aliphatic rings. The van der Waals surface area contributed by atoms with Gasteiger partial charge in [-0.25, -0.2) is 15.0 Å². The van der Waals surface area contributed by atoms with Crippen molar-refractivity contribution < 1.29 is 4.92 Å². The molecule has 0 unspecified atom stereocenters. The molecule has 0 saturated carbocycles. The van der Waals surface area contributed by atoms with Crippen molar-refractivity contribution in [2.24, 2.45) is 0 Å². The number of aromatic nitrogens is 4. The molecule has 0 spiro atoms. The van der Waals surface area contributed by atoms with E-state index in [-0.39, 0.29) is 5.69 Å². The molecule has 7 heteroatoms. The van der Waals surface area contributed by atoms with Crippen LogP contribution in [0.15, 0.2) is 61.2 Å². The Kier molecular flexibility index (Phi) is 3.46. The van der Waals surface area contributed by atoms with Crippen molar-refractivity contribution in [3.63, 3.8) is 0 Å². The first kappa shape index (κ1) is 14.9. The Balaban J connectivity index is 1.95.